The van der Waals surface area contributed by atoms with Crippen molar-refractivity contribution in [2.45, 2.75) is 12.8 Å². The largest absolute Gasteiger partial charge is 0.385 e. The third-order valence-electron chi connectivity index (χ3n) is 2.27. The Labute approximate surface area is 99.0 Å². The minimum atomic E-state index is -0.441. The fourth-order valence-corrected chi connectivity index (χ4v) is 1.32. The summed E-state index contributed by atoms with van der Waals surface area (Å²) in [6, 6.07) is 6.16. The van der Waals surface area contributed by atoms with Crippen LogP contribution in [0.4, 0.5) is 11.4 Å². The molecule has 3 N–H and O–H groups in total. The molecule has 1 aromatic rings. The van der Waals surface area contributed by atoms with E-state index in [2.05, 4.69) is 5.32 Å². The summed E-state index contributed by atoms with van der Waals surface area (Å²) in [5, 5.41) is 13.5. The van der Waals surface area contributed by atoms with Gasteiger partial charge in [0.2, 0.25) is 0 Å². The third kappa shape index (κ3) is 4.60. The number of nitrogens with two attached hydrogens (primary N) is 1. The molecule has 0 radical (unpaired) electrons. The molecule has 0 unspecified atom stereocenters. The fraction of sp³-hybridized carbons (Fsp3) is 0.364. The molecule has 0 saturated heterocycles. The molecule has 0 bridgehead atoms. The number of carbonyl (C=O) groups is 1. The quantitative estimate of drug-likeness (QED) is 0.423. The molecule has 0 amide bonds. The Bertz CT molecular complexity index is 389. The van der Waals surface area contributed by atoms with Gasteiger partial charge in [-0.1, -0.05) is 0 Å². The maximum absolute atomic E-state index is 10.9. The van der Waals surface area contributed by atoms with Crippen LogP contribution in [0.15, 0.2) is 24.3 Å². The summed E-state index contributed by atoms with van der Waals surface area (Å²) in [7, 11) is 0. The maximum atomic E-state index is 10.9. The Morgan fingerprint density at radius 1 is 1.35 bits per heavy atom. The van der Waals surface area contributed by atoms with E-state index in [9.17, 15) is 14.9 Å². The van der Waals surface area contributed by atoms with Crippen LogP contribution in [0.3, 0.4) is 0 Å². The van der Waals surface area contributed by atoms with Crippen LogP contribution in [0.25, 0.3) is 0 Å². The van der Waals surface area contributed by atoms with Gasteiger partial charge in [0.25, 0.3) is 5.69 Å². The molecule has 0 aliphatic rings. The van der Waals surface area contributed by atoms with E-state index in [1.807, 2.05) is 0 Å². The third-order valence-corrected chi connectivity index (χ3v) is 2.27. The highest BCUT2D eigenvalue weighted by atomic mass is 16.6. The van der Waals surface area contributed by atoms with Gasteiger partial charge >= 0.3 is 0 Å². The number of hydrogen-bond donors (Lipinski definition) is 2. The van der Waals surface area contributed by atoms with E-state index in [1.54, 1.807) is 12.1 Å². The normalized spacial score (nSPS) is 9.94. The van der Waals surface area contributed by atoms with E-state index in [0.717, 1.165) is 5.69 Å². The number of nitro benzene ring substituents is 1. The fourth-order valence-electron chi connectivity index (χ4n) is 1.32. The number of nitrogens with one attached hydrogen (secondary N) is 1. The summed E-state index contributed by atoms with van der Waals surface area (Å²) in [6.07, 6.45) is 1.16. The topological polar surface area (TPSA) is 98.3 Å². The summed E-state index contributed by atoms with van der Waals surface area (Å²) in [5.74, 6) is 0.0375. The monoisotopic (exact) mass is 237 g/mol. The first kappa shape index (κ1) is 13.1. The average molecular weight is 237 g/mol. The van der Waals surface area contributed by atoms with Crippen LogP contribution in [0.2, 0.25) is 0 Å². The van der Waals surface area contributed by atoms with Gasteiger partial charge in [-0.2, -0.15) is 0 Å². The highest BCUT2D eigenvalue weighted by molar-refractivity contribution is 5.80. The molecule has 0 aliphatic carbocycles. The zero-order valence-electron chi connectivity index (χ0n) is 9.39. The van der Waals surface area contributed by atoms with E-state index in [4.69, 9.17) is 5.73 Å². The Morgan fingerprint density at radius 2 is 2.00 bits per heavy atom. The number of carbonyl (C=O) groups excluding carboxylic acids is 1. The van der Waals surface area contributed by atoms with Crippen molar-refractivity contribution < 1.29 is 9.72 Å². The predicted molar refractivity (Wildman–Crippen MR) is 64.9 cm³/mol. The second-order valence-corrected chi connectivity index (χ2v) is 3.58. The van der Waals surface area contributed by atoms with Crippen LogP contribution in [0, 0.1) is 10.1 Å². The first-order valence-corrected chi connectivity index (χ1v) is 5.33. The lowest BCUT2D eigenvalue weighted by Gasteiger charge is -2.05. The molecule has 1 aromatic carbocycles. The van der Waals surface area contributed by atoms with Crippen LogP contribution in [0.5, 0.6) is 0 Å². The van der Waals surface area contributed by atoms with Gasteiger partial charge in [-0.15, -0.1) is 0 Å². The molecule has 0 heterocycles. The molecule has 0 atom stereocenters. The molecule has 0 aromatic heterocycles. The predicted octanol–water partition coefficient (Wildman–Crippen LogP) is 1.31. The highest BCUT2D eigenvalue weighted by Gasteiger charge is 2.03. The molecule has 17 heavy (non-hydrogen) atoms. The second kappa shape index (κ2) is 6.59. The molecule has 6 nitrogen and oxygen atoms in total. The van der Waals surface area contributed by atoms with Crippen LogP contribution in [-0.4, -0.2) is 23.8 Å². The molecular formula is C11H15N3O3. The minimum absolute atomic E-state index is 0.0375. The molecule has 0 aliphatic heterocycles. The van der Waals surface area contributed by atoms with Gasteiger partial charge in [0.1, 0.15) is 5.78 Å². The molecule has 1 rings (SSSR count). The SMILES string of the molecule is NCC(=O)CCCNc1ccc([N+](=O)[O-])cc1. The maximum Gasteiger partial charge on any atom is 0.269 e. The van der Waals surface area contributed by atoms with Crippen LogP contribution < -0.4 is 11.1 Å². The van der Waals surface area contributed by atoms with Gasteiger partial charge in [0.05, 0.1) is 11.5 Å². The molecule has 6 heteroatoms. The van der Waals surface area contributed by atoms with Gasteiger partial charge in [-0.3, -0.25) is 14.9 Å². The number of nitro groups is 1. The number of benzene rings is 1. The summed E-state index contributed by atoms with van der Waals surface area (Å²) in [5.41, 5.74) is 6.04. The number of hydrogen-bond acceptors (Lipinski definition) is 5. The minimum Gasteiger partial charge on any atom is -0.385 e. The number of rotatable bonds is 7. The first-order valence-electron chi connectivity index (χ1n) is 5.33. The van der Waals surface area contributed by atoms with Crippen molar-refractivity contribution in [3.05, 3.63) is 34.4 Å². The van der Waals surface area contributed by atoms with Crippen molar-refractivity contribution in [1.82, 2.24) is 0 Å². The van der Waals surface area contributed by atoms with Gasteiger partial charge in [-0.05, 0) is 18.6 Å². The summed E-state index contributed by atoms with van der Waals surface area (Å²) >= 11 is 0. The van der Waals surface area contributed by atoms with Crippen LogP contribution in [0.1, 0.15) is 12.8 Å². The van der Waals surface area contributed by atoms with Crippen molar-refractivity contribution in [3.63, 3.8) is 0 Å². The first-order chi connectivity index (χ1) is 8.13. The lowest BCUT2D eigenvalue weighted by Crippen LogP contribution is -2.14. The van der Waals surface area contributed by atoms with Crippen molar-refractivity contribution in [2.75, 3.05) is 18.4 Å². The van der Waals surface area contributed by atoms with Gasteiger partial charge < -0.3 is 11.1 Å². The number of non-ortho nitro benzene ring substituents is 1. The lowest BCUT2D eigenvalue weighted by molar-refractivity contribution is -0.384. The smallest absolute Gasteiger partial charge is 0.269 e. The van der Waals surface area contributed by atoms with Crippen LogP contribution in [-0.2, 0) is 4.79 Å². The van der Waals surface area contributed by atoms with E-state index in [1.165, 1.54) is 12.1 Å². The van der Waals surface area contributed by atoms with Gasteiger partial charge in [0.15, 0.2) is 0 Å². The zero-order valence-corrected chi connectivity index (χ0v) is 9.39. The molecule has 0 saturated carbocycles. The van der Waals surface area contributed by atoms with E-state index in [0.29, 0.717) is 19.4 Å². The van der Waals surface area contributed by atoms with E-state index >= 15 is 0 Å². The van der Waals surface area contributed by atoms with Gasteiger partial charge in [-0.25, -0.2) is 0 Å². The van der Waals surface area contributed by atoms with Crippen molar-refractivity contribution in [1.29, 1.82) is 0 Å². The second-order valence-electron chi connectivity index (χ2n) is 3.58. The number of nitrogens with zero attached hydrogens (tertiary/aromatic N) is 1. The zero-order chi connectivity index (χ0) is 12.7. The Hall–Kier alpha value is -1.95. The Morgan fingerprint density at radius 3 is 2.53 bits per heavy atom. The van der Waals surface area contributed by atoms with E-state index < -0.39 is 4.92 Å². The number of anilines is 1. The lowest BCUT2D eigenvalue weighted by atomic mass is 10.2. The van der Waals surface area contributed by atoms with E-state index in [-0.39, 0.29) is 18.0 Å². The van der Waals surface area contributed by atoms with Gasteiger partial charge in [0, 0.05) is 30.8 Å². The summed E-state index contributed by atoms with van der Waals surface area (Å²) < 4.78 is 0. The standard InChI is InChI=1S/C11H15N3O3/c12-8-11(15)2-1-7-13-9-3-5-10(6-4-9)14(16)17/h3-6,13H,1-2,7-8,12H2. The van der Waals surface area contributed by atoms with Crippen LogP contribution >= 0.6 is 0 Å². The average Bonchev–Trinajstić information content (AvgIpc) is 2.34. The summed E-state index contributed by atoms with van der Waals surface area (Å²) in [6.45, 7) is 0.723. The highest BCUT2D eigenvalue weighted by Crippen LogP contribution is 2.15. The Balaban J connectivity index is 2.32. The summed E-state index contributed by atoms with van der Waals surface area (Å²) in [4.78, 5) is 20.9. The number of Topliss-reactive ketones (excluding diaryl/α,β-unsaturated/α-hetero) is 1. The Kier molecular flexibility index (Phi) is 5.09. The molecule has 0 spiro atoms. The number of ketones is 1. The van der Waals surface area contributed by atoms with Crippen molar-refractivity contribution >= 4 is 17.2 Å². The molecule has 92 valence electrons. The van der Waals surface area contributed by atoms with Crippen molar-refractivity contribution in [3.8, 4) is 0 Å². The molecular weight excluding hydrogens is 222 g/mol. The molecule has 0 fully saturated rings. The van der Waals surface area contributed by atoms with Crippen molar-refractivity contribution in [2.24, 2.45) is 5.73 Å².